The van der Waals surface area contributed by atoms with Crippen molar-refractivity contribution < 1.29 is 32.8 Å². The van der Waals surface area contributed by atoms with Gasteiger partial charge in [0.15, 0.2) is 0 Å². The van der Waals surface area contributed by atoms with Crippen molar-refractivity contribution in [3.8, 4) is 0 Å². The highest BCUT2D eigenvalue weighted by Gasteiger charge is 2.25. The summed E-state index contributed by atoms with van der Waals surface area (Å²) < 4.78 is 33.5. The number of hydrogen-bond donors (Lipinski definition) is 2. The molecule has 0 radical (unpaired) electrons. The van der Waals surface area contributed by atoms with E-state index in [0.717, 1.165) is 38.5 Å². The Morgan fingerprint density at radius 3 is 1.34 bits per heavy atom. The summed E-state index contributed by atoms with van der Waals surface area (Å²) in [5, 5.41) is 0. The molecule has 0 heterocycles. The third kappa shape index (κ3) is 46.1. The molecule has 0 fully saturated rings. The van der Waals surface area contributed by atoms with Crippen molar-refractivity contribution in [1.29, 1.82) is 0 Å². The predicted molar refractivity (Wildman–Crippen MR) is 247 cm³/mol. The molecule has 0 aliphatic heterocycles. The molecule has 2 atom stereocenters. The van der Waals surface area contributed by atoms with Crippen LogP contribution in [0.5, 0.6) is 0 Å². The van der Waals surface area contributed by atoms with E-state index in [-0.39, 0.29) is 32.3 Å². The van der Waals surface area contributed by atoms with Gasteiger partial charge in [-0.15, -0.1) is 0 Å². The number of nitrogens with two attached hydrogens (primary N) is 1. The lowest BCUT2D eigenvalue weighted by molar-refractivity contribution is -0.154. The summed E-state index contributed by atoms with van der Waals surface area (Å²) in [7, 11) is -4.28. The molecular weight excluding hydrogens is 746 g/mol. The Morgan fingerprint density at radius 2 is 0.914 bits per heavy atom. The fourth-order valence-electron chi connectivity index (χ4n) is 7.21. The van der Waals surface area contributed by atoms with Crippen LogP contribution in [-0.4, -0.2) is 49.9 Å². The summed E-state index contributed by atoms with van der Waals surface area (Å²) in [4.78, 5) is 22.5. The number of allylic oxidation sites excluding steroid dienone is 4. The molecule has 0 spiro atoms. The summed E-state index contributed by atoms with van der Waals surface area (Å²) >= 11 is 0. The lowest BCUT2D eigenvalue weighted by Crippen LogP contribution is -2.28. The fraction of sp³-hybridized carbons (Fsp3) is 0.898. The van der Waals surface area contributed by atoms with Crippen molar-refractivity contribution in [2.24, 2.45) is 5.73 Å². The number of ether oxygens (including phenoxy) is 2. The van der Waals surface area contributed by atoms with Crippen molar-refractivity contribution in [1.82, 2.24) is 0 Å². The van der Waals surface area contributed by atoms with Crippen LogP contribution in [0, 0.1) is 0 Å². The maximum atomic E-state index is 12.6. The molecule has 2 unspecified atom stereocenters. The molecule has 9 heteroatoms. The van der Waals surface area contributed by atoms with E-state index in [1.807, 2.05) is 0 Å². The van der Waals surface area contributed by atoms with Crippen LogP contribution in [0.3, 0.4) is 0 Å². The molecular formula is C49H96NO7P. The molecule has 8 nitrogen and oxygen atoms in total. The molecule has 0 aromatic rings. The number of carbonyl (C=O) groups excluding carboxylic acids is 1. The van der Waals surface area contributed by atoms with Gasteiger partial charge < -0.3 is 20.1 Å². The van der Waals surface area contributed by atoms with Gasteiger partial charge in [0.05, 0.1) is 19.8 Å². The van der Waals surface area contributed by atoms with E-state index in [0.29, 0.717) is 13.0 Å². The second-order valence-electron chi connectivity index (χ2n) is 16.7. The quantitative estimate of drug-likeness (QED) is 0.0269. The minimum absolute atomic E-state index is 0.0930. The van der Waals surface area contributed by atoms with E-state index >= 15 is 0 Å². The molecule has 0 rings (SSSR count). The standard InChI is InChI=1S/C49H96NO7P/c1-3-5-7-9-11-13-15-17-19-20-21-22-23-24-25-26-27-29-31-33-35-37-39-41-44-54-46-48(47-56-58(52,53)55-45-43-50)57-49(51)42-40-38-36-34-32-30-28-18-16-14-12-10-8-6-4-2/h15,17,20-21,48H,3-14,16,18-19,22-47,50H2,1-2H3,(H,52,53)/b17-15-,21-20-. The smallest absolute Gasteiger partial charge is 0.457 e. The van der Waals surface area contributed by atoms with Gasteiger partial charge in [-0.05, 0) is 44.9 Å². The summed E-state index contributed by atoms with van der Waals surface area (Å²) in [6.07, 6.45) is 53.5. The maximum Gasteiger partial charge on any atom is 0.472 e. The van der Waals surface area contributed by atoms with E-state index in [1.54, 1.807) is 0 Å². The van der Waals surface area contributed by atoms with Gasteiger partial charge in [-0.2, -0.15) is 0 Å². The molecule has 0 amide bonds. The second-order valence-corrected chi connectivity index (χ2v) is 18.1. The van der Waals surface area contributed by atoms with Gasteiger partial charge >= 0.3 is 13.8 Å². The highest BCUT2D eigenvalue weighted by molar-refractivity contribution is 7.47. The van der Waals surface area contributed by atoms with Gasteiger partial charge in [-0.25, -0.2) is 4.57 Å². The Balaban J connectivity index is 3.90. The van der Waals surface area contributed by atoms with Crippen molar-refractivity contribution in [2.45, 2.75) is 251 Å². The highest BCUT2D eigenvalue weighted by atomic mass is 31.2. The largest absolute Gasteiger partial charge is 0.472 e. The molecule has 3 N–H and O–H groups in total. The lowest BCUT2D eigenvalue weighted by Gasteiger charge is -2.20. The van der Waals surface area contributed by atoms with Gasteiger partial charge in [-0.3, -0.25) is 13.8 Å². The first kappa shape index (κ1) is 57.0. The van der Waals surface area contributed by atoms with Crippen molar-refractivity contribution in [3.05, 3.63) is 24.3 Å². The maximum absolute atomic E-state index is 12.6. The van der Waals surface area contributed by atoms with Crippen LogP contribution in [0.2, 0.25) is 0 Å². The van der Waals surface area contributed by atoms with Gasteiger partial charge in [0.25, 0.3) is 0 Å². The Labute approximate surface area is 359 Å². The third-order valence-electron chi connectivity index (χ3n) is 10.9. The summed E-state index contributed by atoms with van der Waals surface area (Å²) in [6, 6.07) is 0. The molecule has 0 aliphatic carbocycles. The molecule has 58 heavy (non-hydrogen) atoms. The first-order valence-electron chi connectivity index (χ1n) is 24.8. The Kier molecular flexibility index (Phi) is 46.2. The van der Waals surface area contributed by atoms with Crippen LogP contribution in [-0.2, 0) is 27.9 Å². The summed E-state index contributed by atoms with van der Waals surface area (Å²) in [5.74, 6) is -0.326. The van der Waals surface area contributed by atoms with Gasteiger partial charge in [-0.1, -0.05) is 218 Å². The first-order chi connectivity index (χ1) is 28.4. The van der Waals surface area contributed by atoms with Gasteiger partial charge in [0.1, 0.15) is 6.10 Å². The first-order valence-corrected chi connectivity index (χ1v) is 26.3. The molecule has 0 aromatic carbocycles. The number of hydrogen-bond acceptors (Lipinski definition) is 7. The molecule has 0 aromatic heterocycles. The molecule has 0 saturated heterocycles. The van der Waals surface area contributed by atoms with Crippen molar-refractivity contribution >= 4 is 13.8 Å². The number of carbonyl (C=O) groups is 1. The molecule has 0 aliphatic rings. The Morgan fingerprint density at radius 1 is 0.517 bits per heavy atom. The zero-order valence-corrected chi connectivity index (χ0v) is 39.2. The highest BCUT2D eigenvalue weighted by Crippen LogP contribution is 2.43. The zero-order chi connectivity index (χ0) is 42.3. The average Bonchev–Trinajstić information content (AvgIpc) is 3.21. The predicted octanol–water partition coefficient (Wildman–Crippen LogP) is 15.2. The van der Waals surface area contributed by atoms with Crippen molar-refractivity contribution in [2.75, 3.05) is 33.0 Å². The Bertz CT molecular complexity index is 946. The normalized spacial score (nSPS) is 13.5. The molecule has 344 valence electrons. The van der Waals surface area contributed by atoms with E-state index in [4.69, 9.17) is 24.3 Å². The molecule has 0 saturated carbocycles. The number of phosphoric acid groups is 1. The zero-order valence-electron chi connectivity index (χ0n) is 38.3. The number of phosphoric ester groups is 1. The summed E-state index contributed by atoms with van der Waals surface area (Å²) in [6.45, 7) is 4.96. The topological polar surface area (TPSA) is 117 Å². The number of unbranched alkanes of at least 4 members (excludes halogenated alkanes) is 31. The van der Waals surface area contributed by atoms with E-state index in [2.05, 4.69) is 38.2 Å². The number of rotatable bonds is 48. The molecule has 0 bridgehead atoms. The average molecular weight is 842 g/mol. The second kappa shape index (κ2) is 47.0. The number of esters is 1. The lowest BCUT2D eigenvalue weighted by atomic mass is 10.0. The van der Waals surface area contributed by atoms with Crippen LogP contribution in [0.4, 0.5) is 0 Å². The fourth-order valence-corrected chi connectivity index (χ4v) is 7.97. The van der Waals surface area contributed by atoms with Crippen LogP contribution in [0.1, 0.15) is 245 Å². The van der Waals surface area contributed by atoms with E-state index in [9.17, 15) is 14.3 Å². The Hall–Kier alpha value is -1.02. The van der Waals surface area contributed by atoms with Crippen LogP contribution < -0.4 is 5.73 Å². The van der Waals surface area contributed by atoms with Crippen LogP contribution >= 0.6 is 7.82 Å². The van der Waals surface area contributed by atoms with Crippen LogP contribution in [0.15, 0.2) is 24.3 Å². The monoisotopic (exact) mass is 842 g/mol. The SMILES string of the molecule is CCCCCCC/C=C\C/C=C\CCCCCCCCCCCCCCOCC(COP(=O)(O)OCCN)OC(=O)CCCCCCCCCCCCCCCCC. The minimum atomic E-state index is -4.28. The van der Waals surface area contributed by atoms with Crippen molar-refractivity contribution in [3.63, 3.8) is 0 Å². The third-order valence-corrected chi connectivity index (χ3v) is 11.9. The minimum Gasteiger partial charge on any atom is -0.457 e. The van der Waals surface area contributed by atoms with E-state index in [1.165, 1.54) is 186 Å². The van der Waals surface area contributed by atoms with Gasteiger partial charge in [0, 0.05) is 19.6 Å². The van der Waals surface area contributed by atoms with Gasteiger partial charge in [0.2, 0.25) is 0 Å². The van der Waals surface area contributed by atoms with Crippen LogP contribution in [0.25, 0.3) is 0 Å². The summed E-state index contributed by atoms with van der Waals surface area (Å²) in [5.41, 5.74) is 5.38. The van der Waals surface area contributed by atoms with E-state index < -0.39 is 13.9 Å².